The Labute approximate surface area is 146 Å². The number of aromatic nitrogens is 2. The highest BCUT2D eigenvalue weighted by atomic mass is 35.5. The number of nitrogens with one attached hydrogen (secondary N) is 1. The molecule has 1 atom stereocenters. The molecule has 0 saturated heterocycles. The van der Waals surface area contributed by atoms with Crippen LogP contribution in [0.1, 0.15) is 22.0 Å². The van der Waals surface area contributed by atoms with E-state index >= 15 is 0 Å². The molecule has 0 saturated carbocycles. The van der Waals surface area contributed by atoms with Gasteiger partial charge in [-0.05, 0) is 18.2 Å². The van der Waals surface area contributed by atoms with E-state index in [4.69, 9.17) is 16.3 Å². The van der Waals surface area contributed by atoms with Gasteiger partial charge in [-0.2, -0.15) is 0 Å². The number of benzene rings is 1. The number of esters is 2. The molecule has 8 heteroatoms. The average molecular weight is 363 g/mol. The van der Waals surface area contributed by atoms with Crippen LogP contribution in [-0.2, 0) is 14.3 Å². The first-order valence-corrected chi connectivity index (χ1v) is 7.54. The fourth-order valence-electron chi connectivity index (χ4n) is 2.35. The maximum atomic E-state index is 13.7. The number of methoxy groups -OCH3 is 1. The van der Waals surface area contributed by atoms with Gasteiger partial charge in [0, 0.05) is 23.3 Å². The van der Waals surface area contributed by atoms with Crippen molar-refractivity contribution in [1.82, 2.24) is 9.97 Å². The van der Waals surface area contributed by atoms with Gasteiger partial charge in [0.15, 0.2) is 0 Å². The van der Waals surface area contributed by atoms with Crippen LogP contribution in [0.25, 0.3) is 10.9 Å². The Balaban J connectivity index is 1.95. The second-order valence-electron chi connectivity index (χ2n) is 5.11. The molecule has 2 aromatic heterocycles. The third-order valence-corrected chi connectivity index (χ3v) is 3.89. The summed E-state index contributed by atoms with van der Waals surface area (Å²) in [6, 6.07) is 5.36. The summed E-state index contributed by atoms with van der Waals surface area (Å²) in [5.41, 5.74) is 0.917. The standard InChI is InChI=1S/C17H12ClFN2O4/c1-24-17(23)15(9-2-3-12(18)13(19)6-9)25-16(22)11-7-20-8-14-10(11)4-5-21-14/h2-8,15,21H,1H3. The second kappa shape index (κ2) is 6.90. The molecular weight excluding hydrogens is 351 g/mol. The Morgan fingerprint density at radius 2 is 2.08 bits per heavy atom. The molecule has 25 heavy (non-hydrogen) atoms. The number of pyridine rings is 1. The molecule has 3 aromatic rings. The van der Waals surface area contributed by atoms with Crippen LogP contribution in [-0.4, -0.2) is 29.0 Å². The van der Waals surface area contributed by atoms with Crippen LogP contribution in [0, 0.1) is 5.82 Å². The minimum Gasteiger partial charge on any atom is -0.466 e. The Morgan fingerprint density at radius 1 is 1.28 bits per heavy atom. The molecule has 1 unspecified atom stereocenters. The maximum Gasteiger partial charge on any atom is 0.351 e. The maximum absolute atomic E-state index is 13.7. The molecule has 0 aliphatic heterocycles. The van der Waals surface area contributed by atoms with Gasteiger partial charge in [-0.3, -0.25) is 4.98 Å². The van der Waals surface area contributed by atoms with E-state index in [0.717, 1.165) is 13.2 Å². The molecule has 0 fully saturated rings. The van der Waals surface area contributed by atoms with E-state index in [1.807, 2.05) is 0 Å². The van der Waals surface area contributed by atoms with E-state index < -0.39 is 23.9 Å². The van der Waals surface area contributed by atoms with E-state index in [0.29, 0.717) is 10.9 Å². The van der Waals surface area contributed by atoms with Gasteiger partial charge in [-0.25, -0.2) is 14.0 Å². The van der Waals surface area contributed by atoms with E-state index in [-0.39, 0.29) is 16.1 Å². The van der Waals surface area contributed by atoms with Gasteiger partial charge in [0.25, 0.3) is 0 Å². The molecule has 1 N–H and O–H groups in total. The summed E-state index contributed by atoms with van der Waals surface area (Å²) < 4.78 is 23.6. The van der Waals surface area contributed by atoms with Crippen LogP contribution in [0.5, 0.6) is 0 Å². The predicted octanol–water partition coefficient (Wildman–Crippen LogP) is 3.43. The Bertz CT molecular complexity index is 957. The van der Waals surface area contributed by atoms with Gasteiger partial charge in [0.2, 0.25) is 6.10 Å². The van der Waals surface area contributed by atoms with Crippen LogP contribution in [0.4, 0.5) is 4.39 Å². The fourth-order valence-corrected chi connectivity index (χ4v) is 2.47. The molecule has 0 spiro atoms. The van der Waals surface area contributed by atoms with Crippen LogP contribution in [0.3, 0.4) is 0 Å². The van der Waals surface area contributed by atoms with Gasteiger partial charge in [-0.1, -0.05) is 17.7 Å². The summed E-state index contributed by atoms with van der Waals surface area (Å²) >= 11 is 5.64. The number of hydrogen-bond acceptors (Lipinski definition) is 5. The lowest BCUT2D eigenvalue weighted by Crippen LogP contribution is -2.21. The number of halogens is 2. The average Bonchev–Trinajstić information content (AvgIpc) is 3.10. The quantitative estimate of drug-likeness (QED) is 0.719. The van der Waals surface area contributed by atoms with Crippen LogP contribution >= 0.6 is 11.6 Å². The lowest BCUT2D eigenvalue weighted by atomic mass is 10.1. The molecule has 0 radical (unpaired) electrons. The lowest BCUT2D eigenvalue weighted by Gasteiger charge is -2.16. The number of carbonyl (C=O) groups excluding carboxylic acids is 2. The van der Waals surface area contributed by atoms with Crippen molar-refractivity contribution in [3.8, 4) is 0 Å². The third kappa shape index (κ3) is 3.32. The number of ether oxygens (including phenoxy) is 2. The van der Waals surface area contributed by atoms with Crippen molar-refractivity contribution in [2.24, 2.45) is 0 Å². The van der Waals surface area contributed by atoms with Gasteiger partial charge >= 0.3 is 11.9 Å². The van der Waals surface area contributed by atoms with Gasteiger partial charge in [0.05, 0.1) is 29.4 Å². The van der Waals surface area contributed by atoms with Crippen molar-refractivity contribution in [3.05, 3.63) is 64.8 Å². The fraction of sp³-hybridized carbons (Fsp3) is 0.118. The summed E-state index contributed by atoms with van der Waals surface area (Å²) in [4.78, 5) is 31.4. The van der Waals surface area contributed by atoms with Gasteiger partial charge < -0.3 is 14.5 Å². The first-order chi connectivity index (χ1) is 12.0. The van der Waals surface area contributed by atoms with E-state index in [2.05, 4.69) is 14.7 Å². The van der Waals surface area contributed by atoms with E-state index in [1.54, 1.807) is 18.5 Å². The molecule has 128 valence electrons. The first kappa shape index (κ1) is 16.9. The van der Waals surface area contributed by atoms with Crippen molar-refractivity contribution in [1.29, 1.82) is 0 Å². The third-order valence-electron chi connectivity index (χ3n) is 3.58. The van der Waals surface area contributed by atoms with Crippen molar-refractivity contribution in [2.45, 2.75) is 6.10 Å². The van der Waals surface area contributed by atoms with Crippen LogP contribution < -0.4 is 0 Å². The predicted molar refractivity (Wildman–Crippen MR) is 87.7 cm³/mol. The van der Waals surface area contributed by atoms with Crippen LogP contribution in [0.15, 0.2) is 42.9 Å². The minimum absolute atomic E-state index is 0.108. The van der Waals surface area contributed by atoms with E-state index in [9.17, 15) is 14.0 Å². The van der Waals surface area contributed by atoms with Crippen molar-refractivity contribution >= 4 is 34.4 Å². The number of rotatable bonds is 4. The molecule has 6 nitrogen and oxygen atoms in total. The van der Waals surface area contributed by atoms with Gasteiger partial charge in [0.1, 0.15) is 5.82 Å². The molecule has 3 rings (SSSR count). The number of H-pyrrole nitrogens is 1. The summed E-state index contributed by atoms with van der Waals surface area (Å²) in [7, 11) is 1.14. The van der Waals surface area contributed by atoms with Crippen molar-refractivity contribution in [3.63, 3.8) is 0 Å². The zero-order valence-electron chi connectivity index (χ0n) is 13.0. The summed E-state index contributed by atoms with van der Waals surface area (Å²) in [6.45, 7) is 0. The monoisotopic (exact) mass is 362 g/mol. The zero-order chi connectivity index (χ0) is 18.0. The molecular formula is C17H12ClFN2O4. The summed E-state index contributed by atoms with van der Waals surface area (Å²) in [5, 5.41) is 0.478. The molecule has 0 bridgehead atoms. The smallest absolute Gasteiger partial charge is 0.351 e. The summed E-state index contributed by atoms with van der Waals surface area (Å²) in [6.07, 6.45) is 3.10. The topological polar surface area (TPSA) is 81.3 Å². The highest BCUT2D eigenvalue weighted by molar-refractivity contribution is 6.30. The number of hydrogen-bond donors (Lipinski definition) is 1. The normalized spacial score (nSPS) is 12.0. The number of carbonyl (C=O) groups is 2. The highest BCUT2D eigenvalue weighted by Crippen LogP contribution is 2.26. The SMILES string of the molecule is COC(=O)C(OC(=O)c1cncc2[nH]ccc12)c1ccc(Cl)c(F)c1. The number of aromatic amines is 1. The van der Waals surface area contributed by atoms with Gasteiger partial charge in [-0.15, -0.1) is 0 Å². The molecule has 0 aliphatic rings. The molecule has 1 aromatic carbocycles. The zero-order valence-corrected chi connectivity index (χ0v) is 13.7. The second-order valence-corrected chi connectivity index (χ2v) is 5.52. The molecule has 0 amide bonds. The first-order valence-electron chi connectivity index (χ1n) is 7.16. The lowest BCUT2D eigenvalue weighted by molar-refractivity contribution is -0.151. The molecule has 2 heterocycles. The summed E-state index contributed by atoms with van der Waals surface area (Å²) in [5.74, 6) is -2.37. The van der Waals surface area contributed by atoms with Crippen molar-refractivity contribution < 1.29 is 23.5 Å². The Morgan fingerprint density at radius 3 is 2.80 bits per heavy atom. The largest absolute Gasteiger partial charge is 0.466 e. The highest BCUT2D eigenvalue weighted by Gasteiger charge is 2.28. The van der Waals surface area contributed by atoms with Crippen LogP contribution in [0.2, 0.25) is 5.02 Å². The molecule has 0 aliphatic carbocycles. The number of nitrogens with zero attached hydrogens (tertiary/aromatic N) is 1. The van der Waals surface area contributed by atoms with Crippen molar-refractivity contribution in [2.75, 3.05) is 7.11 Å². The van der Waals surface area contributed by atoms with E-state index in [1.165, 1.54) is 18.3 Å². The Hall–Kier alpha value is -2.93. The minimum atomic E-state index is -1.43. The Kier molecular flexibility index (Phi) is 4.67. The number of fused-ring (bicyclic) bond motifs is 1.